The highest BCUT2D eigenvalue weighted by Gasteiger charge is 2.54. The monoisotopic (exact) mass is 530 g/mol. The Morgan fingerprint density at radius 1 is 1.28 bits per heavy atom. The first kappa shape index (κ1) is 25.2. The molecule has 1 saturated carbocycles. The number of anilines is 6. The van der Waals surface area contributed by atoms with Gasteiger partial charge in [0.05, 0.1) is 35.6 Å². The lowest BCUT2D eigenvalue weighted by molar-refractivity contribution is 0.0697. The lowest BCUT2D eigenvalue weighted by Gasteiger charge is -2.30. The highest BCUT2D eigenvalue weighted by atomic mass is 16.5. The van der Waals surface area contributed by atoms with E-state index in [4.69, 9.17) is 15.5 Å². The van der Waals surface area contributed by atoms with Crippen LogP contribution in [0, 0.1) is 0 Å². The molecule has 1 atom stereocenters. The molecule has 0 radical (unpaired) electrons. The van der Waals surface area contributed by atoms with Crippen LogP contribution < -0.4 is 25.6 Å². The van der Waals surface area contributed by atoms with E-state index in [1.54, 1.807) is 13.3 Å². The molecule has 1 aromatic carbocycles. The number of aromatic nitrogens is 3. The highest BCUT2D eigenvalue weighted by molar-refractivity contribution is 5.95. The van der Waals surface area contributed by atoms with Gasteiger partial charge in [0.15, 0.2) is 5.82 Å². The number of fused-ring (bicyclic) bond motifs is 2. The maximum Gasteiger partial charge on any atom is 0.341 e. The van der Waals surface area contributed by atoms with E-state index in [0.717, 1.165) is 55.8 Å². The maximum atomic E-state index is 12.2. The van der Waals surface area contributed by atoms with Crippen molar-refractivity contribution in [1.29, 1.82) is 0 Å². The largest absolute Gasteiger partial charge is 0.494 e. The number of hydrogen-bond donors (Lipinski definition) is 3. The fourth-order valence-corrected chi connectivity index (χ4v) is 6.00. The molecule has 0 unspecified atom stereocenters. The lowest BCUT2D eigenvalue weighted by Crippen LogP contribution is -2.37. The molecule has 0 amide bonds. The van der Waals surface area contributed by atoms with Gasteiger partial charge in [0.2, 0.25) is 5.95 Å². The molecule has 6 rings (SSSR count). The van der Waals surface area contributed by atoms with Crippen molar-refractivity contribution < 1.29 is 14.6 Å². The number of methoxy groups -OCH3 is 1. The number of aromatic carboxylic acids is 1. The third-order valence-corrected chi connectivity index (χ3v) is 8.01. The molecule has 2 aromatic heterocycles. The number of benzene rings is 1. The van der Waals surface area contributed by atoms with Crippen molar-refractivity contribution in [1.82, 2.24) is 19.9 Å². The van der Waals surface area contributed by atoms with Crippen LogP contribution in [0.3, 0.4) is 0 Å². The number of carboxylic acids is 1. The number of nitrogens with zero attached hydrogens (tertiary/aromatic N) is 6. The van der Waals surface area contributed by atoms with Gasteiger partial charge in [-0.1, -0.05) is 0 Å². The zero-order chi connectivity index (χ0) is 27.3. The molecule has 3 aliphatic rings. The number of likely N-dealkylation sites (N-methyl/N-ethyl adjacent to an activating group) is 1. The molecule has 204 valence electrons. The minimum Gasteiger partial charge on any atom is -0.494 e. The lowest BCUT2D eigenvalue weighted by atomic mass is 10.1. The predicted octanol–water partition coefficient (Wildman–Crippen LogP) is 3.62. The maximum absolute atomic E-state index is 12.2. The molecule has 11 heteroatoms. The van der Waals surface area contributed by atoms with Gasteiger partial charge in [-0.3, -0.25) is 4.98 Å². The van der Waals surface area contributed by atoms with Gasteiger partial charge in [0.25, 0.3) is 0 Å². The van der Waals surface area contributed by atoms with Gasteiger partial charge in [-0.15, -0.1) is 0 Å². The minimum absolute atomic E-state index is 0.0293. The zero-order valence-electron chi connectivity index (χ0n) is 22.5. The van der Waals surface area contributed by atoms with Gasteiger partial charge >= 0.3 is 5.97 Å². The number of nitrogen functional groups attached to an aromatic ring is 1. The van der Waals surface area contributed by atoms with E-state index < -0.39 is 5.97 Å². The zero-order valence-corrected chi connectivity index (χ0v) is 22.5. The molecule has 39 heavy (non-hydrogen) atoms. The van der Waals surface area contributed by atoms with Crippen molar-refractivity contribution in [2.75, 3.05) is 61.7 Å². The Morgan fingerprint density at radius 2 is 2.10 bits per heavy atom. The van der Waals surface area contributed by atoms with Crippen LogP contribution in [0.25, 0.3) is 0 Å². The molecule has 2 fully saturated rings. The van der Waals surface area contributed by atoms with Crippen LogP contribution in [0.1, 0.15) is 41.7 Å². The standard InChI is InChI=1S/C28H34N8O3/c1-34(2)15-17-6-5-11-35(17)22-13-23(39-3)20(12-19(22)29)32-27-31-14-18(26(37)38)25(33-27)36-16-28(8-9-28)24-21(36)7-4-10-30-24/h4,7,10,12-14,17H,5-6,8-9,11,15-16,29H2,1-3H3,(H,37,38)(H,31,32,33)/t17-/m1/s1. The normalized spacial score (nSPS) is 19.0. The van der Waals surface area contributed by atoms with Crippen molar-refractivity contribution in [2.45, 2.75) is 37.1 Å². The summed E-state index contributed by atoms with van der Waals surface area (Å²) >= 11 is 0. The van der Waals surface area contributed by atoms with Gasteiger partial charge in [0, 0.05) is 49.6 Å². The van der Waals surface area contributed by atoms with Crippen LogP contribution in [-0.2, 0) is 5.41 Å². The van der Waals surface area contributed by atoms with E-state index in [1.165, 1.54) is 6.20 Å². The molecule has 11 nitrogen and oxygen atoms in total. The smallest absolute Gasteiger partial charge is 0.341 e. The van der Waals surface area contributed by atoms with Crippen molar-refractivity contribution in [3.05, 3.63) is 47.9 Å². The Balaban J connectivity index is 1.33. The second-order valence-corrected chi connectivity index (χ2v) is 11.0. The third kappa shape index (κ3) is 4.46. The van der Waals surface area contributed by atoms with E-state index in [9.17, 15) is 9.90 Å². The Hall–Kier alpha value is -4.12. The van der Waals surface area contributed by atoms with Gasteiger partial charge in [0.1, 0.15) is 11.3 Å². The summed E-state index contributed by atoms with van der Waals surface area (Å²) in [4.78, 5) is 32.3. The summed E-state index contributed by atoms with van der Waals surface area (Å²) in [6.45, 7) is 2.53. The molecule has 1 aliphatic carbocycles. The average molecular weight is 531 g/mol. The first-order chi connectivity index (χ1) is 18.8. The Kier molecular flexibility index (Phi) is 6.17. The van der Waals surface area contributed by atoms with E-state index in [-0.39, 0.29) is 16.9 Å². The van der Waals surface area contributed by atoms with Crippen LogP contribution >= 0.6 is 0 Å². The van der Waals surface area contributed by atoms with Crippen molar-refractivity contribution in [2.24, 2.45) is 0 Å². The molecular weight excluding hydrogens is 496 g/mol. The van der Waals surface area contributed by atoms with Crippen molar-refractivity contribution in [3.8, 4) is 5.75 Å². The molecule has 0 bridgehead atoms. The Labute approximate surface area is 227 Å². The summed E-state index contributed by atoms with van der Waals surface area (Å²) in [7, 11) is 5.78. The molecule has 1 saturated heterocycles. The second-order valence-electron chi connectivity index (χ2n) is 11.0. The fraction of sp³-hybridized carbons (Fsp3) is 0.429. The van der Waals surface area contributed by atoms with Gasteiger partial charge < -0.3 is 35.6 Å². The molecule has 2 aliphatic heterocycles. The van der Waals surface area contributed by atoms with Gasteiger partial charge in [-0.05, 0) is 58.0 Å². The summed E-state index contributed by atoms with van der Waals surface area (Å²) in [5.74, 6) is 0.122. The Bertz CT molecular complexity index is 1420. The number of pyridine rings is 1. The summed E-state index contributed by atoms with van der Waals surface area (Å²) in [6, 6.07) is 8.01. The number of nitrogens with one attached hydrogen (secondary N) is 1. The number of carbonyl (C=O) groups is 1. The fourth-order valence-electron chi connectivity index (χ4n) is 6.00. The highest BCUT2D eigenvalue weighted by Crippen LogP contribution is 2.57. The summed E-state index contributed by atoms with van der Waals surface area (Å²) in [5, 5.41) is 13.2. The quantitative estimate of drug-likeness (QED) is 0.369. The van der Waals surface area contributed by atoms with E-state index in [1.807, 2.05) is 29.2 Å². The number of ether oxygens (including phenoxy) is 1. The molecule has 1 spiro atoms. The topological polar surface area (TPSA) is 133 Å². The van der Waals surface area contributed by atoms with Crippen molar-refractivity contribution >= 4 is 40.5 Å². The van der Waals surface area contributed by atoms with Crippen LogP contribution in [0.2, 0.25) is 0 Å². The molecule has 3 aromatic rings. The van der Waals surface area contributed by atoms with Gasteiger partial charge in [-0.25, -0.2) is 9.78 Å². The van der Waals surface area contributed by atoms with Crippen molar-refractivity contribution in [3.63, 3.8) is 0 Å². The minimum atomic E-state index is -1.08. The number of carboxylic acid groups (broad SMARTS) is 1. The van der Waals surface area contributed by atoms with E-state index >= 15 is 0 Å². The number of hydrogen-bond acceptors (Lipinski definition) is 10. The van der Waals surface area contributed by atoms with E-state index in [0.29, 0.717) is 35.5 Å². The first-order valence-corrected chi connectivity index (χ1v) is 13.3. The van der Waals surface area contributed by atoms with Crippen LogP contribution in [0.4, 0.5) is 34.5 Å². The third-order valence-electron chi connectivity index (χ3n) is 8.01. The predicted molar refractivity (Wildman–Crippen MR) is 151 cm³/mol. The summed E-state index contributed by atoms with van der Waals surface area (Å²) < 4.78 is 5.74. The number of rotatable bonds is 8. The molecule has 4 heterocycles. The van der Waals surface area contributed by atoms with Crippen LogP contribution in [0.15, 0.2) is 36.7 Å². The molecule has 4 N–H and O–H groups in total. The Morgan fingerprint density at radius 3 is 2.82 bits per heavy atom. The van der Waals surface area contributed by atoms with E-state index in [2.05, 4.69) is 39.2 Å². The molecular formula is C28H34N8O3. The second kappa shape index (κ2) is 9.57. The summed E-state index contributed by atoms with van der Waals surface area (Å²) in [6.07, 6.45) is 7.43. The first-order valence-electron chi connectivity index (χ1n) is 13.3. The van der Waals surface area contributed by atoms with Gasteiger partial charge in [-0.2, -0.15) is 4.98 Å². The average Bonchev–Trinajstić information content (AvgIpc) is 3.44. The van der Waals surface area contributed by atoms with Crippen LogP contribution in [0.5, 0.6) is 5.75 Å². The SMILES string of the molecule is COc1cc(N2CCC[C@@H]2CN(C)C)c(N)cc1Nc1ncc(C(=O)O)c(N2CC3(CC3)c3ncccc32)n1. The number of nitrogens with two attached hydrogens (primary N) is 1. The van der Waals surface area contributed by atoms with Crippen LogP contribution in [-0.4, -0.2) is 77.8 Å². The summed E-state index contributed by atoms with van der Waals surface area (Å²) in [5.41, 5.74) is 10.7.